The van der Waals surface area contributed by atoms with Crippen molar-refractivity contribution in [1.29, 1.82) is 0 Å². The zero-order chi connectivity index (χ0) is 11.6. The lowest BCUT2D eigenvalue weighted by atomic mass is 9.87. The van der Waals surface area contributed by atoms with Crippen molar-refractivity contribution < 1.29 is 13.2 Å². The molecule has 15 heavy (non-hydrogen) atoms. The Morgan fingerprint density at radius 2 is 1.40 bits per heavy atom. The molecule has 0 saturated carbocycles. The van der Waals surface area contributed by atoms with Gasteiger partial charge in [0.15, 0.2) is 5.83 Å². The minimum absolute atomic E-state index is 0.0625. The van der Waals surface area contributed by atoms with Crippen LogP contribution in [-0.4, -0.2) is 0 Å². The van der Waals surface area contributed by atoms with Crippen LogP contribution in [0.2, 0.25) is 0 Å². The molecule has 0 saturated heterocycles. The third-order valence-electron chi connectivity index (χ3n) is 2.17. The van der Waals surface area contributed by atoms with Gasteiger partial charge in [-0.2, -0.15) is 8.78 Å². The summed E-state index contributed by atoms with van der Waals surface area (Å²) in [4.78, 5) is 0. The highest BCUT2D eigenvalue weighted by molar-refractivity contribution is 5.59. The van der Waals surface area contributed by atoms with Gasteiger partial charge in [-0.3, -0.25) is 0 Å². The zero-order valence-electron chi connectivity index (χ0n) is 8.94. The molecule has 0 aliphatic carbocycles. The van der Waals surface area contributed by atoms with Crippen LogP contribution in [0.4, 0.5) is 13.2 Å². The fraction of sp³-hybridized carbons (Fsp3) is 0.333. The molecule has 3 heteroatoms. The molecule has 82 valence electrons. The Balaban J connectivity index is 3.07. The molecule has 0 bridgehead atoms. The average molecular weight is 214 g/mol. The van der Waals surface area contributed by atoms with E-state index in [2.05, 4.69) is 0 Å². The second-order valence-electron chi connectivity index (χ2n) is 4.40. The molecular weight excluding hydrogens is 201 g/mol. The summed E-state index contributed by atoms with van der Waals surface area (Å²) in [6, 6.07) is 6.07. The van der Waals surface area contributed by atoms with Gasteiger partial charge in [-0.1, -0.05) is 45.0 Å². The maximum absolute atomic E-state index is 12.8. The van der Waals surface area contributed by atoms with Crippen molar-refractivity contribution in [3.05, 3.63) is 41.5 Å². The van der Waals surface area contributed by atoms with Crippen molar-refractivity contribution in [3.8, 4) is 0 Å². The lowest BCUT2D eigenvalue weighted by molar-refractivity contribution is 0.410. The van der Waals surface area contributed by atoms with Crippen LogP contribution in [0.25, 0.3) is 5.83 Å². The second-order valence-corrected chi connectivity index (χ2v) is 4.40. The van der Waals surface area contributed by atoms with Crippen LogP contribution in [0.1, 0.15) is 31.9 Å². The summed E-state index contributed by atoms with van der Waals surface area (Å²) in [6.07, 6.45) is -2.28. The van der Waals surface area contributed by atoms with E-state index < -0.39 is 11.9 Å². The minimum atomic E-state index is -2.28. The molecule has 0 radical (unpaired) electrons. The van der Waals surface area contributed by atoms with E-state index >= 15 is 0 Å². The van der Waals surface area contributed by atoms with E-state index in [-0.39, 0.29) is 11.0 Å². The Labute approximate surface area is 87.4 Å². The van der Waals surface area contributed by atoms with Crippen LogP contribution in [0.5, 0.6) is 0 Å². The Hall–Kier alpha value is -1.25. The molecule has 0 nitrogen and oxygen atoms in total. The van der Waals surface area contributed by atoms with Crippen LogP contribution in [0.15, 0.2) is 30.3 Å². The molecule has 0 unspecified atom stereocenters. The van der Waals surface area contributed by atoms with Crippen LogP contribution >= 0.6 is 0 Å². The minimum Gasteiger partial charge on any atom is -0.200 e. The van der Waals surface area contributed by atoms with Gasteiger partial charge in [0.2, 0.25) is 0 Å². The lowest BCUT2D eigenvalue weighted by Gasteiger charge is -2.18. The van der Waals surface area contributed by atoms with Gasteiger partial charge in [-0.05, 0) is 11.0 Å². The van der Waals surface area contributed by atoms with E-state index in [1.165, 1.54) is 12.1 Å². The Bertz CT molecular complexity index is 365. The van der Waals surface area contributed by atoms with Crippen LogP contribution in [0, 0.1) is 0 Å². The lowest BCUT2D eigenvalue weighted by Crippen LogP contribution is -2.10. The number of benzene rings is 1. The van der Waals surface area contributed by atoms with Gasteiger partial charge in [0, 0.05) is 5.56 Å². The highest BCUT2D eigenvalue weighted by atomic mass is 19.3. The summed E-state index contributed by atoms with van der Waals surface area (Å²) in [6.45, 7) is 6.01. The van der Waals surface area contributed by atoms with Crippen LogP contribution in [-0.2, 0) is 5.41 Å². The fourth-order valence-electron chi connectivity index (χ4n) is 1.23. The smallest absolute Gasteiger partial charge is 0.200 e. The predicted octanol–water partition coefficient (Wildman–Crippen LogP) is 4.52. The number of rotatable bonds is 1. The van der Waals surface area contributed by atoms with Gasteiger partial charge in [-0.15, -0.1) is 0 Å². The third kappa shape index (κ3) is 2.85. The van der Waals surface area contributed by atoms with Gasteiger partial charge < -0.3 is 0 Å². The SMILES string of the molecule is CC(C)(C)c1ccc(C(F)=C(F)F)cc1. The Morgan fingerprint density at radius 3 is 1.73 bits per heavy atom. The standard InChI is InChI=1S/C12H13F3/c1-12(2,3)9-6-4-8(5-7-9)10(13)11(14)15/h4-7H,1-3H3. The first kappa shape index (κ1) is 11.8. The van der Waals surface area contributed by atoms with E-state index in [4.69, 9.17) is 0 Å². The Morgan fingerprint density at radius 1 is 0.933 bits per heavy atom. The van der Waals surface area contributed by atoms with E-state index in [0.29, 0.717) is 0 Å². The van der Waals surface area contributed by atoms with Gasteiger partial charge in [0.25, 0.3) is 0 Å². The molecule has 0 aliphatic rings. The highest BCUT2D eigenvalue weighted by Crippen LogP contribution is 2.26. The molecule has 1 aromatic carbocycles. The molecule has 0 heterocycles. The first-order chi connectivity index (χ1) is 6.82. The molecule has 0 atom stereocenters. The molecule has 0 amide bonds. The summed E-state index contributed by atoms with van der Waals surface area (Å²) in [5.41, 5.74) is 0.841. The van der Waals surface area contributed by atoms with Crippen molar-refractivity contribution in [1.82, 2.24) is 0 Å². The molecule has 0 spiro atoms. The molecule has 1 rings (SSSR count). The first-order valence-corrected chi connectivity index (χ1v) is 4.64. The van der Waals surface area contributed by atoms with E-state index in [1.54, 1.807) is 12.1 Å². The zero-order valence-corrected chi connectivity index (χ0v) is 8.94. The number of halogens is 3. The van der Waals surface area contributed by atoms with Crippen molar-refractivity contribution in [2.24, 2.45) is 0 Å². The number of hydrogen-bond donors (Lipinski definition) is 0. The molecule has 0 aromatic heterocycles. The monoisotopic (exact) mass is 214 g/mol. The predicted molar refractivity (Wildman–Crippen MR) is 55.4 cm³/mol. The highest BCUT2D eigenvalue weighted by Gasteiger charge is 2.14. The summed E-state index contributed by atoms with van der Waals surface area (Å²) in [5, 5.41) is 0. The molecule has 1 aromatic rings. The summed E-state index contributed by atoms with van der Waals surface area (Å²) in [7, 11) is 0. The fourth-order valence-corrected chi connectivity index (χ4v) is 1.23. The van der Waals surface area contributed by atoms with E-state index in [0.717, 1.165) is 5.56 Å². The topological polar surface area (TPSA) is 0 Å². The van der Waals surface area contributed by atoms with E-state index in [9.17, 15) is 13.2 Å². The van der Waals surface area contributed by atoms with Crippen LogP contribution < -0.4 is 0 Å². The summed E-state index contributed by atoms with van der Waals surface area (Å²) in [5.74, 6) is -1.45. The Kier molecular flexibility index (Phi) is 3.22. The molecule has 0 fully saturated rings. The number of hydrogen-bond acceptors (Lipinski definition) is 0. The van der Waals surface area contributed by atoms with Gasteiger partial charge >= 0.3 is 6.08 Å². The first-order valence-electron chi connectivity index (χ1n) is 4.64. The van der Waals surface area contributed by atoms with Crippen molar-refractivity contribution >= 4 is 5.83 Å². The second kappa shape index (κ2) is 4.09. The maximum atomic E-state index is 12.8. The average Bonchev–Trinajstić information content (AvgIpc) is 2.15. The largest absolute Gasteiger partial charge is 0.306 e. The summed E-state index contributed by atoms with van der Waals surface area (Å²) >= 11 is 0. The summed E-state index contributed by atoms with van der Waals surface area (Å²) < 4.78 is 36.7. The molecule has 0 N–H and O–H groups in total. The van der Waals surface area contributed by atoms with Crippen molar-refractivity contribution in [2.75, 3.05) is 0 Å². The van der Waals surface area contributed by atoms with Gasteiger partial charge in [0.05, 0.1) is 0 Å². The van der Waals surface area contributed by atoms with Gasteiger partial charge in [-0.25, -0.2) is 4.39 Å². The molecular formula is C12H13F3. The van der Waals surface area contributed by atoms with E-state index in [1.807, 2.05) is 20.8 Å². The van der Waals surface area contributed by atoms with Crippen LogP contribution in [0.3, 0.4) is 0 Å². The third-order valence-corrected chi connectivity index (χ3v) is 2.17. The van der Waals surface area contributed by atoms with Crippen molar-refractivity contribution in [3.63, 3.8) is 0 Å². The maximum Gasteiger partial charge on any atom is 0.306 e. The quantitative estimate of drug-likeness (QED) is 0.644. The molecule has 0 aliphatic heterocycles. The van der Waals surface area contributed by atoms with Gasteiger partial charge in [0.1, 0.15) is 0 Å². The normalized spacial score (nSPS) is 11.3. The van der Waals surface area contributed by atoms with Crippen molar-refractivity contribution in [2.45, 2.75) is 26.2 Å².